The van der Waals surface area contributed by atoms with Gasteiger partial charge >= 0.3 is 0 Å². The summed E-state index contributed by atoms with van der Waals surface area (Å²) in [5, 5.41) is 10.2. The van der Waals surface area contributed by atoms with E-state index in [1.807, 2.05) is 11.5 Å². The van der Waals surface area contributed by atoms with E-state index < -0.39 is 0 Å². The Balaban J connectivity index is 2.91. The van der Waals surface area contributed by atoms with E-state index in [1.165, 1.54) is 0 Å². The normalized spacial score (nSPS) is 10.1. The Bertz CT molecular complexity index is 78.6. The van der Waals surface area contributed by atoms with Gasteiger partial charge in [0.05, 0.1) is 6.61 Å². The van der Waals surface area contributed by atoms with Crippen LogP contribution in [0.1, 0.15) is 0 Å². The molecule has 0 aliphatic rings. The highest BCUT2D eigenvalue weighted by atomic mass is 32.2. The summed E-state index contributed by atoms with van der Waals surface area (Å²) < 4.78 is 0. The molecule has 1 nitrogen and oxygen atoms in total. The molecule has 0 rings (SSSR count). The summed E-state index contributed by atoms with van der Waals surface area (Å²) in [4.78, 5) is 0. The van der Waals surface area contributed by atoms with Gasteiger partial charge in [-0.1, -0.05) is 18.7 Å². The van der Waals surface area contributed by atoms with Gasteiger partial charge in [0.15, 0.2) is 0 Å². The van der Waals surface area contributed by atoms with Crippen LogP contribution >= 0.6 is 11.8 Å². The van der Waals surface area contributed by atoms with Gasteiger partial charge in [-0.2, -0.15) is 0 Å². The second-order valence-corrected chi connectivity index (χ2v) is 2.17. The van der Waals surface area contributed by atoms with Gasteiger partial charge in [-0.3, -0.25) is 0 Å². The number of hydrogen-bond acceptors (Lipinski definition) is 2. The zero-order chi connectivity index (χ0) is 6.24. The van der Waals surface area contributed by atoms with Crippen molar-refractivity contribution in [2.75, 3.05) is 12.4 Å². The topological polar surface area (TPSA) is 20.2 Å². The summed E-state index contributed by atoms with van der Waals surface area (Å²) in [5.74, 6) is 0.768. The zero-order valence-corrected chi connectivity index (χ0v) is 5.53. The number of hydrogen-bond donors (Lipinski definition) is 1. The number of allylic oxidation sites excluding steroid dienone is 2. The van der Waals surface area contributed by atoms with Crippen molar-refractivity contribution in [3.63, 3.8) is 0 Å². The molecule has 0 bridgehead atoms. The molecule has 0 aliphatic carbocycles. The van der Waals surface area contributed by atoms with Crippen LogP contribution in [0.5, 0.6) is 0 Å². The molecule has 46 valence electrons. The molecule has 0 fully saturated rings. The van der Waals surface area contributed by atoms with Crippen molar-refractivity contribution in [2.45, 2.75) is 0 Å². The van der Waals surface area contributed by atoms with Gasteiger partial charge in [-0.25, -0.2) is 0 Å². The predicted octanol–water partition coefficient (Wildman–Crippen LogP) is 1.41. The van der Waals surface area contributed by atoms with Gasteiger partial charge in [-0.05, 0) is 5.41 Å². The van der Waals surface area contributed by atoms with Gasteiger partial charge in [0, 0.05) is 5.75 Å². The smallest absolute Gasteiger partial charge is 0.0525 e. The van der Waals surface area contributed by atoms with Gasteiger partial charge < -0.3 is 5.11 Å². The number of thioether (sulfide) groups is 1. The van der Waals surface area contributed by atoms with Crippen LogP contribution in [0, 0.1) is 0 Å². The first-order valence-electron chi connectivity index (χ1n) is 2.42. The maximum Gasteiger partial charge on any atom is 0.0525 e. The third-order valence-electron chi connectivity index (χ3n) is 0.520. The first-order valence-corrected chi connectivity index (χ1v) is 3.46. The van der Waals surface area contributed by atoms with Crippen LogP contribution in [0.25, 0.3) is 0 Å². The Morgan fingerprint density at radius 2 is 2.38 bits per heavy atom. The molecule has 0 spiro atoms. The second-order valence-electron chi connectivity index (χ2n) is 1.16. The Hall–Kier alpha value is -0.210. The molecule has 8 heavy (non-hydrogen) atoms. The highest BCUT2D eigenvalue weighted by Gasteiger charge is 1.74. The van der Waals surface area contributed by atoms with Crippen molar-refractivity contribution in [3.8, 4) is 0 Å². The SMILES string of the molecule is C=C/C=C\SCCO. The van der Waals surface area contributed by atoms with Crippen LogP contribution < -0.4 is 0 Å². The Morgan fingerprint density at radius 3 is 2.88 bits per heavy atom. The van der Waals surface area contributed by atoms with Gasteiger partial charge in [0.1, 0.15) is 0 Å². The molecule has 0 amide bonds. The van der Waals surface area contributed by atoms with E-state index >= 15 is 0 Å². The molecule has 0 saturated heterocycles. The van der Waals surface area contributed by atoms with Crippen molar-refractivity contribution >= 4 is 11.8 Å². The maximum absolute atomic E-state index is 8.29. The van der Waals surface area contributed by atoms with Crippen molar-refractivity contribution in [1.29, 1.82) is 0 Å². The average Bonchev–Trinajstić information content (AvgIpc) is 1.81. The van der Waals surface area contributed by atoms with Gasteiger partial charge in [0.25, 0.3) is 0 Å². The minimum absolute atomic E-state index is 0.242. The molecule has 0 saturated carbocycles. The molecule has 2 heteroatoms. The summed E-state index contributed by atoms with van der Waals surface area (Å²) >= 11 is 1.58. The molecule has 1 N–H and O–H groups in total. The van der Waals surface area contributed by atoms with Gasteiger partial charge in [-0.15, -0.1) is 11.8 Å². The fraction of sp³-hybridized carbons (Fsp3) is 0.333. The minimum atomic E-state index is 0.242. The molecule has 0 aliphatic heterocycles. The molecule has 0 unspecified atom stereocenters. The molecule has 0 aromatic rings. The summed E-state index contributed by atoms with van der Waals surface area (Å²) in [7, 11) is 0. The van der Waals surface area contributed by atoms with Crippen molar-refractivity contribution < 1.29 is 5.11 Å². The Kier molecular flexibility index (Phi) is 6.61. The van der Waals surface area contributed by atoms with Crippen molar-refractivity contribution in [2.24, 2.45) is 0 Å². The standard InChI is InChI=1S/C6H10OS/c1-2-3-5-8-6-4-7/h2-3,5,7H,1,4,6H2/b5-3-. The van der Waals surface area contributed by atoms with E-state index in [2.05, 4.69) is 6.58 Å². The molecule has 0 heterocycles. The molecule has 0 radical (unpaired) electrons. The Labute approximate surface area is 54.1 Å². The third-order valence-corrected chi connectivity index (χ3v) is 1.29. The highest BCUT2D eigenvalue weighted by Crippen LogP contribution is 1.98. The van der Waals surface area contributed by atoms with Crippen LogP contribution in [-0.4, -0.2) is 17.5 Å². The fourth-order valence-corrected chi connectivity index (χ4v) is 0.696. The lowest BCUT2D eigenvalue weighted by atomic mass is 10.6. The highest BCUT2D eigenvalue weighted by molar-refractivity contribution is 8.02. The van der Waals surface area contributed by atoms with Crippen LogP contribution in [0.15, 0.2) is 24.1 Å². The van der Waals surface area contributed by atoms with E-state index in [9.17, 15) is 0 Å². The lowest BCUT2D eigenvalue weighted by molar-refractivity contribution is 0.322. The monoisotopic (exact) mass is 130 g/mol. The quantitative estimate of drug-likeness (QED) is 0.458. The lowest BCUT2D eigenvalue weighted by Gasteiger charge is -1.84. The van der Waals surface area contributed by atoms with E-state index in [-0.39, 0.29) is 6.61 Å². The van der Waals surface area contributed by atoms with Crippen LogP contribution in [-0.2, 0) is 0 Å². The largest absolute Gasteiger partial charge is 0.396 e. The second kappa shape index (κ2) is 6.79. The lowest BCUT2D eigenvalue weighted by Crippen LogP contribution is -1.81. The molecule has 0 aromatic carbocycles. The van der Waals surface area contributed by atoms with Crippen LogP contribution in [0.4, 0.5) is 0 Å². The summed E-state index contributed by atoms with van der Waals surface area (Å²) in [5.41, 5.74) is 0. The predicted molar refractivity (Wildman–Crippen MR) is 38.9 cm³/mol. The van der Waals surface area contributed by atoms with Crippen LogP contribution in [0.3, 0.4) is 0 Å². The van der Waals surface area contributed by atoms with Gasteiger partial charge in [0.2, 0.25) is 0 Å². The average molecular weight is 130 g/mol. The number of aliphatic hydroxyl groups excluding tert-OH is 1. The summed E-state index contributed by atoms with van der Waals surface area (Å²) in [6, 6.07) is 0. The van der Waals surface area contributed by atoms with E-state index in [4.69, 9.17) is 5.11 Å². The number of aliphatic hydroxyl groups is 1. The van der Waals surface area contributed by atoms with E-state index in [0.29, 0.717) is 0 Å². The van der Waals surface area contributed by atoms with Crippen molar-refractivity contribution in [1.82, 2.24) is 0 Å². The zero-order valence-electron chi connectivity index (χ0n) is 4.71. The third kappa shape index (κ3) is 5.79. The van der Waals surface area contributed by atoms with E-state index in [1.54, 1.807) is 17.8 Å². The van der Waals surface area contributed by atoms with Crippen molar-refractivity contribution in [3.05, 3.63) is 24.1 Å². The van der Waals surface area contributed by atoms with Crippen LogP contribution in [0.2, 0.25) is 0 Å². The summed E-state index contributed by atoms with van der Waals surface area (Å²) in [6.45, 7) is 3.74. The van der Waals surface area contributed by atoms with E-state index in [0.717, 1.165) is 5.75 Å². The Morgan fingerprint density at radius 1 is 1.62 bits per heavy atom. The number of rotatable bonds is 4. The molecule has 0 aromatic heterocycles. The molecule has 0 atom stereocenters. The minimum Gasteiger partial charge on any atom is -0.396 e. The molecular formula is C6H10OS. The fourth-order valence-electron chi connectivity index (χ4n) is 0.232. The first-order chi connectivity index (χ1) is 3.91. The summed E-state index contributed by atoms with van der Waals surface area (Å²) in [6.07, 6.45) is 3.56. The first kappa shape index (κ1) is 7.79. The molecular weight excluding hydrogens is 120 g/mol. The maximum atomic E-state index is 8.29.